The number of hydrogen-bond donors (Lipinski definition) is 1. The maximum atomic E-state index is 4.60. The number of rotatable bonds is 6. The van der Waals surface area contributed by atoms with Crippen molar-refractivity contribution in [3.05, 3.63) is 33.6 Å². The highest BCUT2D eigenvalue weighted by Gasteiger charge is 2.23. The van der Waals surface area contributed by atoms with Gasteiger partial charge in [-0.15, -0.1) is 11.3 Å². The van der Waals surface area contributed by atoms with E-state index in [0.717, 1.165) is 24.8 Å². The van der Waals surface area contributed by atoms with Crippen molar-refractivity contribution in [1.29, 1.82) is 0 Å². The highest BCUT2D eigenvalue weighted by molar-refractivity contribution is 7.09. The van der Waals surface area contributed by atoms with Gasteiger partial charge in [-0.3, -0.25) is 4.68 Å². The molecule has 2 heterocycles. The molecule has 0 aliphatic heterocycles. The van der Waals surface area contributed by atoms with Crippen LogP contribution in [0.1, 0.15) is 29.0 Å². The predicted molar refractivity (Wildman–Crippen MR) is 84.2 cm³/mol. The van der Waals surface area contributed by atoms with Gasteiger partial charge in [-0.25, -0.2) is 0 Å². The standard InChI is InChI=1S/C15H22N4S/c1-11-14(9-16-12-6-7-12)15(19(3)17-11)18(2)10-13-5-4-8-20-13/h4-5,8,12,16H,6-7,9-10H2,1-3H3. The summed E-state index contributed by atoms with van der Waals surface area (Å²) in [6.45, 7) is 3.97. The van der Waals surface area contributed by atoms with Crippen molar-refractivity contribution in [3.8, 4) is 0 Å². The molecule has 2 aromatic rings. The smallest absolute Gasteiger partial charge is 0.131 e. The van der Waals surface area contributed by atoms with E-state index in [9.17, 15) is 0 Å². The Bertz CT molecular complexity index is 569. The zero-order valence-electron chi connectivity index (χ0n) is 12.4. The fourth-order valence-corrected chi connectivity index (χ4v) is 3.38. The van der Waals surface area contributed by atoms with Gasteiger partial charge < -0.3 is 10.2 Å². The summed E-state index contributed by atoms with van der Waals surface area (Å²) in [4.78, 5) is 3.68. The molecule has 0 amide bonds. The fraction of sp³-hybridized carbons (Fsp3) is 0.533. The van der Waals surface area contributed by atoms with Gasteiger partial charge >= 0.3 is 0 Å². The highest BCUT2D eigenvalue weighted by Crippen LogP contribution is 2.26. The quantitative estimate of drug-likeness (QED) is 0.888. The van der Waals surface area contributed by atoms with Crippen LogP contribution >= 0.6 is 11.3 Å². The van der Waals surface area contributed by atoms with E-state index in [2.05, 4.69) is 46.8 Å². The van der Waals surface area contributed by atoms with Gasteiger partial charge in [0, 0.05) is 37.1 Å². The van der Waals surface area contributed by atoms with Gasteiger partial charge in [-0.05, 0) is 31.2 Å². The number of thiophene rings is 1. The van der Waals surface area contributed by atoms with Crippen LogP contribution in [0.5, 0.6) is 0 Å². The largest absolute Gasteiger partial charge is 0.354 e. The zero-order valence-corrected chi connectivity index (χ0v) is 13.2. The van der Waals surface area contributed by atoms with Gasteiger partial charge in [0.25, 0.3) is 0 Å². The fourth-order valence-electron chi connectivity index (χ4n) is 2.62. The molecular weight excluding hydrogens is 268 g/mol. The number of aryl methyl sites for hydroxylation is 2. The molecule has 5 heteroatoms. The van der Waals surface area contributed by atoms with E-state index in [1.807, 2.05) is 11.7 Å². The number of nitrogens with zero attached hydrogens (tertiary/aromatic N) is 3. The Labute approximate surface area is 124 Å². The molecule has 3 rings (SSSR count). The Kier molecular flexibility index (Phi) is 3.81. The minimum atomic E-state index is 0.727. The maximum Gasteiger partial charge on any atom is 0.131 e. The Morgan fingerprint density at radius 1 is 1.50 bits per heavy atom. The first kappa shape index (κ1) is 13.6. The minimum Gasteiger partial charge on any atom is -0.354 e. The van der Waals surface area contributed by atoms with Crippen LogP contribution in [0.3, 0.4) is 0 Å². The van der Waals surface area contributed by atoms with Crippen molar-refractivity contribution in [1.82, 2.24) is 15.1 Å². The molecule has 0 atom stereocenters. The van der Waals surface area contributed by atoms with Crippen LogP contribution in [0.15, 0.2) is 17.5 Å². The van der Waals surface area contributed by atoms with E-state index in [1.54, 1.807) is 11.3 Å². The lowest BCUT2D eigenvalue weighted by atomic mass is 10.2. The molecule has 0 spiro atoms. The summed E-state index contributed by atoms with van der Waals surface area (Å²) in [7, 11) is 4.19. The summed E-state index contributed by atoms with van der Waals surface area (Å²) >= 11 is 1.81. The monoisotopic (exact) mass is 290 g/mol. The lowest BCUT2D eigenvalue weighted by Gasteiger charge is -2.20. The van der Waals surface area contributed by atoms with Crippen molar-refractivity contribution in [2.24, 2.45) is 7.05 Å². The third kappa shape index (κ3) is 2.88. The summed E-state index contributed by atoms with van der Waals surface area (Å²) < 4.78 is 2.01. The Hall–Kier alpha value is -1.33. The molecule has 1 N–H and O–H groups in total. The Balaban J connectivity index is 1.78. The third-order valence-electron chi connectivity index (χ3n) is 3.79. The van der Waals surface area contributed by atoms with Crippen LogP contribution in [0.2, 0.25) is 0 Å². The van der Waals surface area contributed by atoms with E-state index < -0.39 is 0 Å². The van der Waals surface area contributed by atoms with Crippen molar-refractivity contribution >= 4 is 17.2 Å². The topological polar surface area (TPSA) is 33.1 Å². The van der Waals surface area contributed by atoms with Crippen LogP contribution in [0, 0.1) is 6.92 Å². The maximum absolute atomic E-state index is 4.60. The summed E-state index contributed by atoms with van der Waals surface area (Å²) in [5, 5.41) is 10.3. The second-order valence-corrected chi connectivity index (χ2v) is 6.63. The van der Waals surface area contributed by atoms with E-state index in [-0.39, 0.29) is 0 Å². The van der Waals surface area contributed by atoms with Gasteiger partial charge in [0.15, 0.2) is 0 Å². The molecule has 20 heavy (non-hydrogen) atoms. The number of aromatic nitrogens is 2. The molecular formula is C15H22N4S. The third-order valence-corrected chi connectivity index (χ3v) is 4.65. The minimum absolute atomic E-state index is 0.727. The number of anilines is 1. The molecule has 0 aromatic carbocycles. The number of hydrogen-bond acceptors (Lipinski definition) is 4. The first-order valence-electron chi connectivity index (χ1n) is 7.14. The van der Waals surface area contributed by atoms with Crippen LogP contribution in [-0.4, -0.2) is 22.9 Å². The van der Waals surface area contributed by atoms with E-state index >= 15 is 0 Å². The van der Waals surface area contributed by atoms with Crippen LogP contribution < -0.4 is 10.2 Å². The average molecular weight is 290 g/mol. The molecule has 108 valence electrons. The van der Waals surface area contributed by atoms with Crippen molar-refractivity contribution in [2.45, 2.75) is 38.9 Å². The molecule has 1 saturated carbocycles. The van der Waals surface area contributed by atoms with Crippen molar-refractivity contribution in [2.75, 3.05) is 11.9 Å². The molecule has 4 nitrogen and oxygen atoms in total. The van der Waals surface area contributed by atoms with Crippen molar-refractivity contribution in [3.63, 3.8) is 0 Å². The zero-order chi connectivity index (χ0) is 14.1. The molecule has 0 radical (unpaired) electrons. The first-order valence-corrected chi connectivity index (χ1v) is 8.02. The molecule has 1 aliphatic rings. The molecule has 2 aromatic heterocycles. The van der Waals surface area contributed by atoms with Gasteiger partial charge in [-0.2, -0.15) is 5.10 Å². The summed E-state index contributed by atoms with van der Waals surface area (Å²) in [6.07, 6.45) is 2.64. The molecule has 0 saturated heterocycles. The summed E-state index contributed by atoms with van der Waals surface area (Å²) in [5.74, 6) is 1.23. The average Bonchev–Trinajstić information content (AvgIpc) is 3.00. The van der Waals surface area contributed by atoms with Crippen molar-refractivity contribution < 1.29 is 0 Å². The Morgan fingerprint density at radius 3 is 2.95 bits per heavy atom. The molecule has 0 bridgehead atoms. The molecule has 1 fully saturated rings. The SMILES string of the molecule is Cc1nn(C)c(N(C)Cc2cccs2)c1CNC1CC1. The second kappa shape index (κ2) is 5.58. The lowest BCUT2D eigenvalue weighted by Crippen LogP contribution is -2.23. The van der Waals surface area contributed by atoms with E-state index in [0.29, 0.717) is 0 Å². The molecule has 0 unspecified atom stereocenters. The second-order valence-electron chi connectivity index (χ2n) is 5.60. The summed E-state index contributed by atoms with van der Waals surface area (Å²) in [5.41, 5.74) is 2.46. The summed E-state index contributed by atoms with van der Waals surface area (Å²) in [6, 6.07) is 5.02. The van der Waals surface area contributed by atoms with Crippen LogP contribution in [0.25, 0.3) is 0 Å². The molecule has 1 aliphatic carbocycles. The van der Waals surface area contributed by atoms with E-state index in [1.165, 1.54) is 29.1 Å². The van der Waals surface area contributed by atoms with Crippen LogP contribution in [-0.2, 0) is 20.1 Å². The van der Waals surface area contributed by atoms with Gasteiger partial charge in [0.1, 0.15) is 5.82 Å². The van der Waals surface area contributed by atoms with Crippen LogP contribution in [0.4, 0.5) is 5.82 Å². The van der Waals surface area contributed by atoms with Gasteiger partial charge in [0.2, 0.25) is 0 Å². The van der Waals surface area contributed by atoms with Gasteiger partial charge in [0.05, 0.1) is 12.2 Å². The van der Waals surface area contributed by atoms with Gasteiger partial charge in [-0.1, -0.05) is 6.07 Å². The highest BCUT2D eigenvalue weighted by atomic mass is 32.1. The normalized spacial score (nSPS) is 14.8. The number of nitrogens with one attached hydrogen (secondary N) is 1. The Morgan fingerprint density at radius 2 is 2.30 bits per heavy atom. The predicted octanol–water partition coefficient (Wildman–Crippen LogP) is 2.68. The van der Waals surface area contributed by atoms with E-state index in [4.69, 9.17) is 0 Å². The lowest BCUT2D eigenvalue weighted by molar-refractivity contribution is 0.680. The first-order chi connectivity index (χ1) is 9.65.